The van der Waals surface area contributed by atoms with E-state index in [-0.39, 0.29) is 30.1 Å². The smallest absolute Gasteiger partial charge is 0.407 e. The summed E-state index contributed by atoms with van der Waals surface area (Å²) in [5.41, 5.74) is 0. The Bertz CT molecular complexity index is 1040. The first-order valence-electron chi connectivity index (χ1n) is 29.4. The number of hydrogen-bond acceptors (Lipinski definition) is 8. The summed E-state index contributed by atoms with van der Waals surface area (Å²) < 4.78 is 17.4. The van der Waals surface area contributed by atoms with Gasteiger partial charge in [0.15, 0.2) is 0 Å². The second kappa shape index (κ2) is 52.0. The summed E-state index contributed by atoms with van der Waals surface area (Å²) in [5.74, 6) is 0.148. The largest absolute Gasteiger partial charge is 0.465 e. The Hall–Kier alpha value is -1.87. The molecule has 67 heavy (non-hydrogen) atoms. The fourth-order valence-corrected chi connectivity index (χ4v) is 9.18. The van der Waals surface area contributed by atoms with Gasteiger partial charge in [0.05, 0.1) is 19.1 Å². The van der Waals surface area contributed by atoms with Crippen LogP contribution in [0, 0.1) is 5.92 Å². The second-order valence-electron chi connectivity index (χ2n) is 20.5. The van der Waals surface area contributed by atoms with E-state index >= 15 is 0 Å². The van der Waals surface area contributed by atoms with Gasteiger partial charge in [0, 0.05) is 19.5 Å². The number of unbranched alkanes of at least 4 members (excludes halogenated alkanes) is 27. The van der Waals surface area contributed by atoms with E-state index in [1.807, 2.05) is 14.1 Å². The average molecular weight is 951 g/mol. The molecular weight excluding hydrogens is 835 g/mol. The van der Waals surface area contributed by atoms with Crippen molar-refractivity contribution in [1.29, 1.82) is 0 Å². The van der Waals surface area contributed by atoms with Crippen LogP contribution in [0.15, 0.2) is 0 Å². The number of ether oxygens (including phenoxy) is 3. The third kappa shape index (κ3) is 47.6. The van der Waals surface area contributed by atoms with Crippen LogP contribution in [0.4, 0.5) is 4.79 Å². The number of esters is 2. The maximum Gasteiger partial charge on any atom is 0.407 e. The van der Waals surface area contributed by atoms with Gasteiger partial charge < -0.3 is 29.3 Å². The first-order valence-corrected chi connectivity index (χ1v) is 29.4. The molecule has 0 aliphatic rings. The van der Waals surface area contributed by atoms with E-state index in [0.717, 1.165) is 116 Å². The van der Waals surface area contributed by atoms with Gasteiger partial charge in [0.1, 0.15) is 6.10 Å². The molecule has 0 aliphatic carbocycles. The maximum absolute atomic E-state index is 13.0. The zero-order valence-corrected chi connectivity index (χ0v) is 45.7. The fraction of sp³-hybridized carbons (Fsp3) is 0.948. The summed E-state index contributed by atoms with van der Waals surface area (Å²) >= 11 is 0. The summed E-state index contributed by atoms with van der Waals surface area (Å²) in [6.07, 6.45) is 46.1. The van der Waals surface area contributed by atoms with E-state index in [9.17, 15) is 14.4 Å². The predicted molar refractivity (Wildman–Crippen MR) is 286 cm³/mol. The molecule has 1 amide bonds. The molecule has 0 aliphatic heterocycles. The molecule has 0 radical (unpaired) electrons. The quantitative estimate of drug-likeness (QED) is 0.0366. The molecule has 0 bridgehead atoms. The van der Waals surface area contributed by atoms with E-state index in [0.29, 0.717) is 26.2 Å². The predicted octanol–water partition coefficient (Wildman–Crippen LogP) is 16.3. The summed E-state index contributed by atoms with van der Waals surface area (Å²) in [6, 6.07) is 0. The Morgan fingerprint density at radius 3 is 1.33 bits per heavy atom. The zero-order valence-electron chi connectivity index (χ0n) is 45.7. The Morgan fingerprint density at radius 1 is 0.418 bits per heavy atom. The van der Waals surface area contributed by atoms with Crippen LogP contribution in [0.5, 0.6) is 0 Å². The molecular formula is C58H115N3O6. The zero-order chi connectivity index (χ0) is 49.1. The lowest BCUT2D eigenvalue weighted by molar-refractivity contribution is -0.150. The lowest BCUT2D eigenvalue weighted by Gasteiger charge is -2.22. The van der Waals surface area contributed by atoms with E-state index in [4.69, 9.17) is 14.2 Å². The normalized spacial score (nSPS) is 12.1. The molecule has 9 nitrogen and oxygen atoms in total. The van der Waals surface area contributed by atoms with Crippen molar-refractivity contribution >= 4 is 18.0 Å². The van der Waals surface area contributed by atoms with Gasteiger partial charge in [-0.25, -0.2) is 4.79 Å². The number of hydrogen-bond donors (Lipinski definition) is 1. The van der Waals surface area contributed by atoms with Crippen LogP contribution in [-0.2, 0) is 23.8 Å². The van der Waals surface area contributed by atoms with Gasteiger partial charge in [-0.15, -0.1) is 0 Å². The molecule has 1 unspecified atom stereocenters. The number of amides is 1. The molecule has 1 atom stereocenters. The summed E-state index contributed by atoms with van der Waals surface area (Å²) in [5, 5.41) is 2.88. The Balaban J connectivity index is 4.68. The maximum atomic E-state index is 13.0. The standard InChI is InChI=1S/C58H115N3O6/c1-7-11-15-19-25-33-43-54(42-32-18-14-10-4)57(63)65-52-39-31-23-22-29-37-49-61(51-41-53-66-58(64)59-47-40-48-60(5)6)50-38-30-24-28-36-46-56(62)67-55(44-34-26-20-16-12-8-2)45-35-27-21-17-13-9-3/h54-55H,7-53H2,1-6H3,(H,59,64). The topological polar surface area (TPSA) is 97.4 Å². The molecule has 0 rings (SSSR count). The summed E-state index contributed by atoms with van der Waals surface area (Å²) in [7, 11) is 4.08. The van der Waals surface area contributed by atoms with Crippen LogP contribution in [0.1, 0.15) is 285 Å². The number of alkyl carbamates (subject to hydrolysis) is 1. The van der Waals surface area contributed by atoms with Gasteiger partial charge in [0.2, 0.25) is 0 Å². The Kier molecular flexibility index (Phi) is 50.5. The third-order valence-electron chi connectivity index (χ3n) is 13.6. The van der Waals surface area contributed by atoms with E-state index in [2.05, 4.69) is 42.8 Å². The number of carbonyl (C=O) groups is 3. The van der Waals surface area contributed by atoms with Crippen molar-refractivity contribution in [2.24, 2.45) is 5.92 Å². The highest BCUT2D eigenvalue weighted by Gasteiger charge is 2.19. The van der Waals surface area contributed by atoms with Gasteiger partial charge in [-0.1, -0.05) is 201 Å². The molecule has 1 N–H and O–H groups in total. The van der Waals surface area contributed by atoms with Crippen molar-refractivity contribution in [3.05, 3.63) is 0 Å². The van der Waals surface area contributed by atoms with Crippen LogP contribution < -0.4 is 5.32 Å². The fourth-order valence-electron chi connectivity index (χ4n) is 9.18. The first kappa shape index (κ1) is 65.1. The van der Waals surface area contributed by atoms with E-state index < -0.39 is 0 Å². The molecule has 0 fully saturated rings. The SMILES string of the molecule is CCCCCCCCC(CCCCCCCC)OC(=O)CCCCCCCN(CCCCCCCCOC(=O)C(CCCCCC)CCCCCCCC)CCCOC(=O)NCCCN(C)C. The molecule has 0 spiro atoms. The number of nitrogens with zero attached hydrogens (tertiary/aromatic N) is 2. The molecule has 0 saturated carbocycles. The highest BCUT2D eigenvalue weighted by Crippen LogP contribution is 2.22. The average Bonchev–Trinajstić information content (AvgIpc) is 3.31. The monoisotopic (exact) mass is 950 g/mol. The van der Waals surface area contributed by atoms with Gasteiger partial charge in [-0.2, -0.15) is 0 Å². The molecule has 0 aromatic heterocycles. The van der Waals surface area contributed by atoms with Crippen molar-refractivity contribution in [3.63, 3.8) is 0 Å². The van der Waals surface area contributed by atoms with Crippen molar-refractivity contribution in [3.8, 4) is 0 Å². The van der Waals surface area contributed by atoms with Crippen LogP contribution in [0.2, 0.25) is 0 Å². The highest BCUT2D eigenvalue weighted by molar-refractivity contribution is 5.72. The first-order chi connectivity index (χ1) is 32.8. The van der Waals surface area contributed by atoms with Crippen molar-refractivity contribution in [2.45, 2.75) is 291 Å². The van der Waals surface area contributed by atoms with Crippen LogP contribution in [0.25, 0.3) is 0 Å². The third-order valence-corrected chi connectivity index (χ3v) is 13.6. The highest BCUT2D eigenvalue weighted by atomic mass is 16.6. The lowest BCUT2D eigenvalue weighted by Crippen LogP contribution is -2.30. The molecule has 9 heteroatoms. The van der Waals surface area contributed by atoms with Gasteiger partial charge in [0.25, 0.3) is 0 Å². The second-order valence-corrected chi connectivity index (χ2v) is 20.5. The molecule has 0 saturated heterocycles. The summed E-state index contributed by atoms with van der Waals surface area (Å²) in [4.78, 5) is 42.8. The molecule has 0 aromatic carbocycles. The van der Waals surface area contributed by atoms with Crippen molar-refractivity contribution in [1.82, 2.24) is 15.1 Å². The van der Waals surface area contributed by atoms with Crippen LogP contribution >= 0.6 is 0 Å². The molecule has 0 heterocycles. The molecule has 0 aromatic rings. The minimum absolute atomic E-state index is 0.0109. The minimum Gasteiger partial charge on any atom is -0.465 e. The van der Waals surface area contributed by atoms with Gasteiger partial charge >= 0.3 is 18.0 Å². The van der Waals surface area contributed by atoms with Gasteiger partial charge in [-0.3, -0.25) is 9.59 Å². The number of carbonyl (C=O) groups excluding carboxylic acids is 3. The van der Waals surface area contributed by atoms with Crippen molar-refractivity contribution in [2.75, 3.05) is 60.0 Å². The number of nitrogens with one attached hydrogen (secondary N) is 1. The Labute approximate surface area is 416 Å². The van der Waals surface area contributed by atoms with Gasteiger partial charge in [-0.05, 0) is 111 Å². The minimum atomic E-state index is -0.314. The summed E-state index contributed by atoms with van der Waals surface area (Å²) in [6.45, 7) is 14.7. The molecule has 398 valence electrons. The van der Waals surface area contributed by atoms with E-state index in [1.54, 1.807) is 0 Å². The van der Waals surface area contributed by atoms with Crippen LogP contribution in [0.3, 0.4) is 0 Å². The Morgan fingerprint density at radius 2 is 0.821 bits per heavy atom. The lowest BCUT2D eigenvalue weighted by atomic mass is 9.94. The van der Waals surface area contributed by atoms with Crippen LogP contribution in [-0.4, -0.2) is 94.0 Å². The number of rotatable bonds is 53. The van der Waals surface area contributed by atoms with Crippen molar-refractivity contribution < 1.29 is 28.6 Å². The van der Waals surface area contributed by atoms with E-state index in [1.165, 1.54) is 161 Å².